The number of anilines is 2. The van der Waals surface area contributed by atoms with Crippen LogP contribution in [0.15, 0.2) is 66.0 Å². The Hall–Kier alpha value is -3.38. The summed E-state index contributed by atoms with van der Waals surface area (Å²) >= 11 is 12.2. The fourth-order valence-corrected chi connectivity index (χ4v) is 6.17. The number of nitrogens with one attached hydrogen (secondary N) is 1. The number of sulfonamides is 1. The number of benzene rings is 2. The van der Waals surface area contributed by atoms with Crippen LogP contribution >= 0.6 is 23.2 Å². The van der Waals surface area contributed by atoms with Crippen molar-refractivity contribution in [2.75, 3.05) is 50.0 Å². The maximum atomic E-state index is 13.8. The lowest BCUT2D eigenvalue weighted by atomic mass is 10.2. The number of carbonyl (C=O) groups is 1. The van der Waals surface area contributed by atoms with Crippen molar-refractivity contribution in [1.29, 1.82) is 0 Å². The molecule has 0 saturated heterocycles. The first kappa shape index (κ1) is 30.6. The molecule has 2 heterocycles. The lowest BCUT2D eigenvalue weighted by Gasteiger charge is -2.24. The summed E-state index contributed by atoms with van der Waals surface area (Å²) in [5.41, 5.74) is 1.07. The molecule has 10 nitrogen and oxygen atoms in total. The van der Waals surface area contributed by atoms with Crippen LogP contribution in [0.3, 0.4) is 0 Å². The van der Waals surface area contributed by atoms with Crippen molar-refractivity contribution in [3.8, 4) is 5.82 Å². The molecule has 0 bridgehead atoms. The van der Waals surface area contributed by atoms with E-state index in [9.17, 15) is 13.2 Å². The molecular formula is C28H32Cl2N6O4S. The molecule has 13 heteroatoms. The van der Waals surface area contributed by atoms with Crippen LogP contribution in [0.5, 0.6) is 0 Å². The van der Waals surface area contributed by atoms with Gasteiger partial charge in [-0.2, -0.15) is 0 Å². The van der Waals surface area contributed by atoms with Gasteiger partial charge in [0.15, 0.2) is 5.82 Å². The summed E-state index contributed by atoms with van der Waals surface area (Å²) in [4.78, 5) is 23.6. The van der Waals surface area contributed by atoms with Crippen LogP contribution in [0.25, 0.3) is 16.7 Å². The number of carbonyl (C=O) groups excluding carboxylic acids is 1. The maximum absolute atomic E-state index is 13.8. The second kappa shape index (κ2) is 13.5. The molecule has 0 aliphatic heterocycles. The fraction of sp³-hybridized carbons (Fsp3) is 0.321. The largest absolute Gasteiger partial charge is 0.464 e. The van der Waals surface area contributed by atoms with Crippen LogP contribution in [0.1, 0.15) is 19.8 Å². The first-order chi connectivity index (χ1) is 19.6. The van der Waals surface area contributed by atoms with Crippen LogP contribution in [0.4, 0.5) is 11.5 Å². The van der Waals surface area contributed by atoms with E-state index in [-0.39, 0.29) is 27.2 Å². The van der Waals surface area contributed by atoms with E-state index in [1.165, 1.54) is 18.2 Å². The van der Waals surface area contributed by atoms with Crippen LogP contribution in [0, 0.1) is 0 Å². The zero-order chi connectivity index (χ0) is 29.6. The van der Waals surface area contributed by atoms with Gasteiger partial charge in [0.2, 0.25) is 0 Å². The second-order valence-electron chi connectivity index (χ2n) is 9.61. The van der Waals surface area contributed by atoms with Gasteiger partial charge in [-0.1, -0.05) is 36.5 Å². The number of fused-ring (bicyclic) bond motifs is 1. The zero-order valence-corrected chi connectivity index (χ0v) is 25.4. The molecule has 2 aromatic heterocycles. The van der Waals surface area contributed by atoms with Crippen LogP contribution in [-0.4, -0.2) is 74.2 Å². The number of halogens is 2. The number of nitrogens with zero attached hydrogens (tertiary/aromatic N) is 5. The molecule has 0 aliphatic carbocycles. The van der Waals surface area contributed by atoms with E-state index >= 15 is 0 Å². The smallest absolute Gasteiger partial charge is 0.326 e. The predicted octanol–water partition coefficient (Wildman–Crippen LogP) is 5.24. The molecule has 4 rings (SSSR count). The molecular weight excluding hydrogens is 587 g/mol. The van der Waals surface area contributed by atoms with E-state index in [1.807, 2.05) is 37.8 Å². The van der Waals surface area contributed by atoms with Gasteiger partial charge in [-0.05, 0) is 63.0 Å². The molecule has 0 fully saturated rings. The van der Waals surface area contributed by atoms with E-state index < -0.39 is 22.5 Å². The highest BCUT2D eigenvalue weighted by Crippen LogP contribution is 2.31. The topological polar surface area (TPSA) is 110 Å². The minimum Gasteiger partial charge on any atom is -0.464 e. The standard InChI is InChI=1S/C28H32Cl2N6O4S/c1-4-5-12-40-28(37)19-36(41(38,39)24-15-21(29)14-22(30)16-24)23-6-7-25-20(13-23)8-10-35(25)27-18-32-26(17-33-27)31-9-11-34(2)3/h6-8,10,13-18H,4-5,9,11-12,19H2,1-3H3,(H,31,32). The molecule has 0 aliphatic rings. The monoisotopic (exact) mass is 618 g/mol. The van der Waals surface area contributed by atoms with Crippen molar-refractivity contribution < 1.29 is 17.9 Å². The first-order valence-corrected chi connectivity index (χ1v) is 15.2. The fourth-order valence-electron chi connectivity index (χ4n) is 4.04. The summed E-state index contributed by atoms with van der Waals surface area (Å²) in [5.74, 6) is 0.605. The summed E-state index contributed by atoms with van der Waals surface area (Å²) in [6.45, 7) is 3.26. The molecule has 0 spiro atoms. The lowest BCUT2D eigenvalue weighted by Crippen LogP contribution is -2.36. The Labute approximate surface area is 249 Å². The summed E-state index contributed by atoms with van der Waals surface area (Å²) in [6.07, 6.45) is 6.67. The Morgan fingerprint density at radius 3 is 2.46 bits per heavy atom. The van der Waals surface area contributed by atoms with Gasteiger partial charge in [0.05, 0.1) is 35.1 Å². The van der Waals surface area contributed by atoms with Crippen LogP contribution < -0.4 is 9.62 Å². The third-order valence-electron chi connectivity index (χ3n) is 6.17. The molecule has 2 aromatic carbocycles. The Balaban J connectivity index is 1.65. The van der Waals surface area contributed by atoms with Gasteiger partial charge in [0.25, 0.3) is 10.0 Å². The molecule has 0 saturated carbocycles. The lowest BCUT2D eigenvalue weighted by molar-refractivity contribution is -0.141. The molecule has 0 atom stereocenters. The number of likely N-dealkylation sites (N-methyl/N-ethyl adjacent to an activating group) is 1. The Kier molecular flexibility index (Phi) is 10.1. The van der Waals surface area contributed by atoms with Gasteiger partial charge in [0, 0.05) is 34.7 Å². The molecule has 0 amide bonds. The molecule has 0 unspecified atom stereocenters. The normalized spacial score (nSPS) is 11.7. The maximum Gasteiger partial charge on any atom is 0.326 e. The summed E-state index contributed by atoms with van der Waals surface area (Å²) in [5, 5.41) is 4.29. The third kappa shape index (κ3) is 7.68. The molecule has 1 N–H and O–H groups in total. The minimum absolute atomic E-state index is 0.136. The van der Waals surface area contributed by atoms with E-state index in [2.05, 4.69) is 20.2 Å². The highest BCUT2D eigenvalue weighted by molar-refractivity contribution is 7.92. The highest BCUT2D eigenvalue weighted by atomic mass is 35.5. The van der Waals surface area contributed by atoms with Gasteiger partial charge in [0.1, 0.15) is 12.4 Å². The van der Waals surface area contributed by atoms with Crippen molar-refractivity contribution in [1.82, 2.24) is 19.4 Å². The quantitative estimate of drug-likeness (QED) is 0.160. The highest BCUT2D eigenvalue weighted by Gasteiger charge is 2.29. The number of rotatable bonds is 13. The van der Waals surface area contributed by atoms with Crippen molar-refractivity contribution in [2.45, 2.75) is 24.7 Å². The SMILES string of the molecule is CCCCOC(=O)CN(c1ccc2c(ccn2-c2cnc(NCCN(C)C)cn2)c1)S(=O)(=O)c1cc(Cl)cc(Cl)c1. The average Bonchev–Trinajstić information content (AvgIpc) is 3.35. The molecule has 218 valence electrons. The van der Waals surface area contributed by atoms with Crippen molar-refractivity contribution in [3.05, 3.63) is 71.1 Å². The first-order valence-electron chi connectivity index (χ1n) is 13.0. The van der Waals surface area contributed by atoms with Crippen molar-refractivity contribution in [3.63, 3.8) is 0 Å². The number of hydrogen-bond acceptors (Lipinski definition) is 8. The second-order valence-corrected chi connectivity index (χ2v) is 12.3. The van der Waals surface area contributed by atoms with E-state index in [4.69, 9.17) is 27.9 Å². The van der Waals surface area contributed by atoms with Gasteiger partial charge < -0.3 is 15.0 Å². The molecule has 4 aromatic rings. The average molecular weight is 620 g/mol. The number of esters is 1. The van der Waals surface area contributed by atoms with Gasteiger partial charge >= 0.3 is 5.97 Å². The summed E-state index contributed by atoms with van der Waals surface area (Å²) in [6, 6.07) is 11.0. The summed E-state index contributed by atoms with van der Waals surface area (Å²) < 4.78 is 35.7. The number of unbranched alkanes of at least 4 members (excludes halogenated alkanes) is 1. The van der Waals surface area contributed by atoms with Crippen LogP contribution in [-0.2, 0) is 19.6 Å². The Bertz CT molecular complexity index is 1590. The van der Waals surface area contributed by atoms with Gasteiger partial charge in [-0.3, -0.25) is 13.7 Å². The number of ether oxygens (including phenoxy) is 1. The molecule has 41 heavy (non-hydrogen) atoms. The number of hydrogen-bond donors (Lipinski definition) is 1. The number of aromatic nitrogens is 3. The minimum atomic E-state index is -4.23. The Morgan fingerprint density at radius 2 is 1.80 bits per heavy atom. The zero-order valence-electron chi connectivity index (χ0n) is 23.0. The van der Waals surface area contributed by atoms with Crippen LogP contribution in [0.2, 0.25) is 10.0 Å². The van der Waals surface area contributed by atoms with Crippen molar-refractivity contribution in [2.24, 2.45) is 0 Å². The van der Waals surface area contributed by atoms with E-state index in [0.717, 1.165) is 34.7 Å². The third-order valence-corrected chi connectivity index (χ3v) is 8.36. The van der Waals surface area contributed by atoms with E-state index in [0.29, 0.717) is 18.1 Å². The van der Waals surface area contributed by atoms with Crippen molar-refractivity contribution >= 4 is 61.6 Å². The van der Waals surface area contributed by atoms with Gasteiger partial charge in [-0.25, -0.2) is 18.4 Å². The van der Waals surface area contributed by atoms with Gasteiger partial charge in [-0.15, -0.1) is 0 Å². The van der Waals surface area contributed by atoms with E-state index in [1.54, 1.807) is 30.6 Å². The Morgan fingerprint density at radius 1 is 1.05 bits per heavy atom. The molecule has 0 radical (unpaired) electrons. The summed E-state index contributed by atoms with van der Waals surface area (Å²) in [7, 11) is -0.233. The predicted molar refractivity (Wildman–Crippen MR) is 163 cm³/mol.